The molecule has 1 amide bonds. The van der Waals surface area contributed by atoms with E-state index in [-0.39, 0.29) is 11.8 Å². The van der Waals surface area contributed by atoms with Gasteiger partial charge in [-0.15, -0.1) is 0 Å². The molecular formula is C21H24BrN5O2. The summed E-state index contributed by atoms with van der Waals surface area (Å²) in [5, 5.41) is 11.0. The molecule has 3 rings (SSSR count). The van der Waals surface area contributed by atoms with E-state index < -0.39 is 0 Å². The van der Waals surface area contributed by atoms with Crippen LogP contribution in [0.3, 0.4) is 0 Å². The van der Waals surface area contributed by atoms with E-state index in [1.54, 1.807) is 6.20 Å². The summed E-state index contributed by atoms with van der Waals surface area (Å²) in [6.07, 6.45) is 6.08. The number of hydrazone groups is 1. The van der Waals surface area contributed by atoms with Crippen molar-refractivity contribution in [3.05, 3.63) is 52.1 Å². The summed E-state index contributed by atoms with van der Waals surface area (Å²) in [7, 11) is 0. The number of hydrogen-bond donors (Lipinski definition) is 2. The zero-order chi connectivity index (χ0) is 20.6. The topological polar surface area (TPSA) is 90.7 Å². The van der Waals surface area contributed by atoms with Crippen molar-refractivity contribution in [1.82, 2.24) is 9.88 Å². The first kappa shape index (κ1) is 21.0. The largest absolute Gasteiger partial charge is 0.477 e. The highest BCUT2D eigenvalue weighted by Crippen LogP contribution is 2.24. The molecule has 8 heteroatoms. The van der Waals surface area contributed by atoms with Gasteiger partial charge in [-0.1, -0.05) is 11.6 Å². The summed E-state index contributed by atoms with van der Waals surface area (Å²) in [5.41, 5.74) is 5.09. The molecule has 1 aromatic carbocycles. The third-order valence-corrected chi connectivity index (χ3v) is 5.18. The fourth-order valence-electron chi connectivity index (χ4n) is 3.28. The summed E-state index contributed by atoms with van der Waals surface area (Å²) in [6, 6.07) is 9.36. The number of aryl methyl sites for hydroxylation is 1. The van der Waals surface area contributed by atoms with Crippen LogP contribution in [-0.4, -0.2) is 47.9 Å². The van der Waals surface area contributed by atoms with Crippen LogP contribution in [0, 0.1) is 18.3 Å². The fraction of sp³-hybridized carbons (Fsp3) is 0.333. The summed E-state index contributed by atoms with van der Waals surface area (Å²) >= 11 is 3.36. The van der Waals surface area contributed by atoms with Gasteiger partial charge >= 0.3 is 0 Å². The van der Waals surface area contributed by atoms with Crippen LogP contribution < -0.4 is 10.2 Å². The number of ether oxygens (including phenoxy) is 1. The Kier molecular flexibility index (Phi) is 7.35. The second-order valence-electron chi connectivity index (χ2n) is 6.99. The van der Waals surface area contributed by atoms with Crippen molar-refractivity contribution in [2.24, 2.45) is 11.0 Å². The van der Waals surface area contributed by atoms with E-state index in [2.05, 4.69) is 31.4 Å². The monoisotopic (exact) mass is 457 g/mol. The van der Waals surface area contributed by atoms with Crippen molar-refractivity contribution >= 4 is 40.0 Å². The Morgan fingerprint density at radius 1 is 1.45 bits per heavy atom. The number of nitrogens with one attached hydrogen (secondary N) is 2. The molecule has 1 aliphatic rings. The minimum atomic E-state index is -0.0206. The van der Waals surface area contributed by atoms with Crippen molar-refractivity contribution in [3.63, 3.8) is 0 Å². The van der Waals surface area contributed by atoms with E-state index in [9.17, 15) is 4.79 Å². The Balaban J connectivity index is 1.66. The molecule has 1 fully saturated rings. The average molecular weight is 458 g/mol. The van der Waals surface area contributed by atoms with Gasteiger partial charge in [0.1, 0.15) is 0 Å². The number of halogens is 1. The standard InChI is InChI=1S/C21H24BrN5O2/c1-15-4-6-19(26-25-9-8-23)18(11-15)21(28)27-10-2-3-16(13-27)14-29-20-7-5-17(22)12-24-20/h4-9,11-12,16,23,26H,2-3,10,13-14H2,1H3/b23-8?,25-9-/t16-/m1/s1. The molecule has 152 valence electrons. The van der Waals surface area contributed by atoms with Crippen molar-refractivity contribution < 1.29 is 9.53 Å². The van der Waals surface area contributed by atoms with Gasteiger partial charge in [-0.25, -0.2) is 4.98 Å². The molecule has 2 N–H and O–H groups in total. The molecule has 0 aliphatic carbocycles. The number of anilines is 1. The second-order valence-corrected chi connectivity index (χ2v) is 7.91. The Morgan fingerprint density at radius 3 is 3.07 bits per heavy atom. The van der Waals surface area contributed by atoms with Crippen LogP contribution in [0.25, 0.3) is 0 Å². The molecule has 1 saturated heterocycles. The van der Waals surface area contributed by atoms with Crippen LogP contribution in [0.5, 0.6) is 5.88 Å². The third-order valence-electron chi connectivity index (χ3n) is 4.71. The summed E-state index contributed by atoms with van der Waals surface area (Å²) in [4.78, 5) is 19.3. The molecule has 0 radical (unpaired) electrons. The molecule has 0 bridgehead atoms. The molecule has 7 nitrogen and oxygen atoms in total. The maximum absolute atomic E-state index is 13.2. The van der Waals surface area contributed by atoms with Crippen LogP contribution in [0.15, 0.2) is 46.1 Å². The molecule has 29 heavy (non-hydrogen) atoms. The Labute approximate surface area is 178 Å². The molecule has 1 aliphatic heterocycles. The summed E-state index contributed by atoms with van der Waals surface area (Å²) in [6.45, 7) is 3.86. The first-order valence-electron chi connectivity index (χ1n) is 9.49. The highest BCUT2D eigenvalue weighted by molar-refractivity contribution is 9.10. The molecule has 0 unspecified atom stereocenters. The molecule has 1 atom stereocenters. The Morgan fingerprint density at radius 2 is 2.31 bits per heavy atom. The lowest BCUT2D eigenvalue weighted by molar-refractivity contribution is 0.0632. The van der Waals surface area contributed by atoms with Gasteiger partial charge in [0, 0.05) is 42.0 Å². The number of amides is 1. The summed E-state index contributed by atoms with van der Waals surface area (Å²) in [5.74, 6) is 0.828. The number of benzene rings is 1. The lowest BCUT2D eigenvalue weighted by Crippen LogP contribution is -2.41. The van der Waals surface area contributed by atoms with Crippen LogP contribution in [0.1, 0.15) is 28.8 Å². The predicted molar refractivity (Wildman–Crippen MR) is 118 cm³/mol. The zero-order valence-electron chi connectivity index (χ0n) is 16.3. The SMILES string of the molecule is Cc1ccc(N/N=C\C=N)c(C(=O)N2CCC[C@@H](COc3ccc(Br)cn3)C2)c1. The number of carbonyl (C=O) groups is 1. The number of carbonyl (C=O) groups excluding carboxylic acids is 1. The first-order valence-corrected chi connectivity index (χ1v) is 10.3. The van der Waals surface area contributed by atoms with Crippen LogP contribution >= 0.6 is 15.9 Å². The number of rotatable bonds is 7. The third kappa shape index (κ3) is 5.87. The van der Waals surface area contributed by atoms with Crippen molar-refractivity contribution in [3.8, 4) is 5.88 Å². The Bertz CT molecular complexity index is 885. The zero-order valence-corrected chi connectivity index (χ0v) is 17.9. The molecule has 1 aromatic heterocycles. The lowest BCUT2D eigenvalue weighted by Gasteiger charge is -2.33. The number of aromatic nitrogens is 1. The molecular weight excluding hydrogens is 434 g/mol. The highest BCUT2D eigenvalue weighted by Gasteiger charge is 2.26. The van der Waals surface area contributed by atoms with E-state index in [1.165, 1.54) is 6.21 Å². The van der Waals surface area contributed by atoms with Crippen molar-refractivity contribution in [2.45, 2.75) is 19.8 Å². The van der Waals surface area contributed by atoms with E-state index in [4.69, 9.17) is 10.1 Å². The Hall–Kier alpha value is -2.74. The minimum Gasteiger partial charge on any atom is -0.477 e. The first-order chi connectivity index (χ1) is 14.1. The smallest absolute Gasteiger partial charge is 0.256 e. The second kappa shape index (κ2) is 10.2. The minimum absolute atomic E-state index is 0.0206. The molecule has 2 aromatic rings. The van der Waals surface area contributed by atoms with Gasteiger partial charge in [0.25, 0.3) is 5.91 Å². The van der Waals surface area contributed by atoms with Gasteiger partial charge in [-0.2, -0.15) is 5.10 Å². The number of piperidine rings is 1. The normalized spacial score (nSPS) is 16.6. The van der Waals surface area contributed by atoms with E-state index >= 15 is 0 Å². The van der Waals surface area contributed by atoms with Crippen LogP contribution in [0.2, 0.25) is 0 Å². The average Bonchev–Trinajstić information content (AvgIpc) is 2.74. The van der Waals surface area contributed by atoms with E-state index in [0.29, 0.717) is 30.3 Å². The van der Waals surface area contributed by atoms with Gasteiger partial charge in [-0.05, 0) is 53.9 Å². The molecule has 2 heterocycles. The predicted octanol–water partition coefficient (Wildman–Crippen LogP) is 4.13. The van der Waals surface area contributed by atoms with Gasteiger partial charge in [0.05, 0.1) is 24.1 Å². The molecule has 0 spiro atoms. The molecule has 0 saturated carbocycles. The van der Waals surface area contributed by atoms with Gasteiger partial charge in [0.15, 0.2) is 0 Å². The van der Waals surface area contributed by atoms with Gasteiger partial charge < -0.3 is 15.0 Å². The van der Waals surface area contributed by atoms with Crippen molar-refractivity contribution in [1.29, 1.82) is 5.41 Å². The quantitative estimate of drug-likeness (QED) is 0.482. The lowest BCUT2D eigenvalue weighted by atomic mass is 9.97. The number of pyridine rings is 1. The van der Waals surface area contributed by atoms with E-state index in [0.717, 1.165) is 35.6 Å². The van der Waals surface area contributed by atoms with Gasteiger partial charge in [-0.3, -0.25) is 10.2 Å². The fourth-order valence-corrected chi connectivity index (χ4v) is 3.52. The maximum atomic E-state index is 13.2. The number of likely N-dealkylation sites (tertiary alicyclic amines) is 1. The van der Waals surface area contributed by atoms with Gasteiger partial charge in [0.2, 0.25) is 5.88 Å². The maximum Gasteiger partial charge on any atom is 0.256 e. The van der Waals surface area contributed by atoms with Crippen LogP contribution in [-0.2, 0) is 0 Å². The van der Waals surface area contributed by atoms with Crippen LogP contribution in [0.4, 0.5) is 5.69 Å². The van der Waals surface area contributed by atoms with Crippen molar-refractivity contribution in [2.75, 3.05) is 25.1 Å². The summed E-state index contributed by atoms with van der Waals surface area (Å²) < 4.78 is 6.73. The number of hydrogen-bond acceptors (Lipinski definition) is 6. The highest BCUT2D eigenvalue weighted by atomic mass is 79.9. The van der Waals surface area contributed by atoms with E-state index in [1.807, 2.05) is 42.2 Å². The number of nitrogens with zero attached hydrogens (tertiary/aromatic N) is 3.